The number of thiazole rings is 1. The van der Waals surface area contributed by atoms with Crippen molar-refractivity contribution in [3.05, 3.63) is 39.9 Å². The first kappa shape index (κ1) is 19.8. The fourth-order valence-corrected chi connectivity index (χ4v) is 4.30. The first-order valence-corrected chi connectivity index (χ1v) is 10.4. The number of carbonyl (C=O) groups is 2. The molecule has 2 aromatic rings. The molecule has 1 amide bonds. The third-order valence-electron chi connectivity index (χ3n) is 4.66. The van der Waals surface area contributed by atoms with Crippen LogP contribution in [-0.4, -0.2) is 29.0 Å². The molecule has 7 heteroatoms. The third kappa shape index (κ3) is 5.08. The average molecular weight is 407 g/mol. The quantitative estimate of drug-likeness (QED) is 0.726. The molecule has 0 aliphatic heterocycles. The number of rotatable bonds is 5. The maximum absolute atomic E-state index is 12.5. The lowest BCUT2D eigenvalue weighted by Gasteiger charge is -2.24. The maximum Gasteiger partial charge on any atom is 0.351 e. The number of halogens is 1. The summed E-state index contributed by atoms with van der Waals surface area (Å²) in [5.41, 5.74) is 1.43. The molecular weight excluding hydrogens is 384 g/mol. The number of hydrogen-bond acceptors (Lipinski definition) is 5. The van der Waals surface area contributed by atoms with Crippen LogP contribution in [0.15, 0.2) is 24.3 Å². The highest BCUT2D eigenvalue weighted by Crippen LogP contribution is 2.30. The number of carbonyl (C=O) groups excluding carboxylic acids is 2. The summed E-state index contributed by atoms with van der Waals surface area (Å²) in [5.74, 6) is -0.767. The van der Waals surface area contributed by atoms with E-state index in [0.29, 0.717) is 20.6 Å². The van der Waals surface area contributed by atoms with Crippen molar-refractivity contribution in [2.75, 3.05) is 0 Å². The summed E-state index contributed by atoms with van der Waals surface area (Å²) in [5, 5.41) is 4.29. The van der Waals surface area contributed by atoms with Gasteiger partial charge in [0.05, 0.1) is 5.69 Å². The number of hydrogen-bond donors (Lipinski definition) is 1. The first-order chi connectivity index (χ1) is 12.9. The highest BCUT2D eigenvalue weighted by atomic mass is 35.5. The number of ether oxygens (including phenoxy) is 1. The van der Waals surface area contributed by atoms with Gasteiger partial charge in [-0.25, -0.2) is 9.78 Å². The van der Waals surface area contributed by atoms with E-state index in [4.69, 9.17) is 16.3 Å². The molecule has 1 aromatic heterocycles. The molecule has 1 aromatic carbocycles. The minimum absolute atomic E-state index is 0.187. The van der Waals surface area contributed by atoms with Crippen molar-refractivity contribution < 1.29 is 14.3 Å². The minimum Gasteiger partial charge on any atom is -0.448 e. The molecule has 1 N–H and O–H groups in total. The van der Waals surface area contributed by atoms with Crippen molar-refractivity contribution in [2.45, 2.75) is 58.1 Å². The van der Waals surface area contributed by atoms with Crippen LogP contribution in [0.25, 0.3) is 10.6 Å². The van der Waals surface area contributed by atoms with Crippen molar-refractivity contribution in [2.24, 2.45) is 0 Å². The summed E-state index contributed by atoms with van der Waals surface area (Å²) >= 11 is 7.27. The number of amides is 1. The molecule has 0 spiro atoms. The fourth-order valence-electron chi connectivity index (χ4n) is 3.16. The molecule has 1 fully saturated rings. The summed E-state index contributed by atoms with van der Waals surface area (Å²) < 4.78 is 5.39. The Morgan fingerprint density at radius 1 is 1.30 bits per heavy atom. The van der Waals surface area contributed by atoms with E-state index in [0.717, 1.165) is 31.2 Å². The molecule has 1 atom stereocenters. The predicted octanol–water partition coefficient (Wildman–Crippen LogP) is 4.77. The Labute approximate surface area is 168 Å². The van der Waals surface area contributed by atoms with E-state index in [-0.39, 0.29) is 11.9 Å². The van der Waals surface area contributed by atoms with Crippen LogP contribution in [0.4, 0.5) is 0 Å². The van der Waals surface area contributed by atoms with E-state index in [2.05, 4.69) is 10.3 Å². The van der Waals surface area contributed by atoms with Crippen LogP contribution in [0.5, 0.6) is 0 Å². The molecular formula is C20H23ClN2O3S. The van der Waals surface area contributed by atoms with E-state index in [1.54, 1.807) is 26.0 Å². The molecule has 1 aliphatic carbocycles. The molecule has 1 aliphatic rings. The Morgan fingerprint density at radius 3 is 2.74 bits per heavy atom. The van der Waals surface area contributed by atoms with Gasteiger partial charge in [-0.1, -0.05) is 43.0 Å². The molecule has 0 radical (unpaired) electrons. The molecule has 1 heterocycles. The SMILES string of the molecule is Cc1nc(-c2cccc(Cl)c2)sc1C(=O)OC(C)C(=O)NC1CCCCC1. The number of nitrogens with zero attached hydrogens (tertiary/aromatic N) is 1. The van der Waals surface area contributed by atoms with E-state index in [1.807, 2.05) is 12.1 Å². The third-order valence-corrected chi connectivity index (χ3v) is 6.08. The summed E-state index contributed by atoms with van der Waals surface area (Å²) in [7, 11) is 0. The fraction of sp³-hybridized carbons (Fsp3) is 0.450. The standard InChI is InChI=1S/C20H23ClN2O3S/c1-12-17(27-19(22-12)14-7-6-8-15(21)11-14)20(25)26-13(2)18(24)23-16-9-4-3-5-10-16/h6-8,11,13,16H,3-5,9-10H2,1-2H3,(H,23,24). The average Bonchev–Trinajstić information content (AvgIpc) is 3.04. The van der Waals surface area contributed by atoms with Gasteiger partial charge < -0.3 is 10.1 Å². The van der Waals surface area contributed by atoms with Crippen LogP contribution in [-0.2, 0) is 9.53 Å². The number of aromatic nitrogens is 1. The lowest BCUT2D eigenvalue weighted by Crippen LogP contribution is -2.42. The Kier molecular flexibility index (Phi) is 6.50. The van der Waals surface area contributed by atoms with Crippen LogP contribution in [0.1, 0.15) is 54.4 Å². The van der Waals surface area contributed by atoms with Crippen LogP contribution in [0.2, 0.25) is 5.02 Å². The number of esters is 1. The number of aryl methyl sites for hydroxylation is 1. The zero-order valence-corrected chi connectivity index (χ0v) is 17.0. The number of nitrogens with one attached hydrogen (secondary N) is 1. The van der Waals surface area contributed by atoms with Crippen molar-refractivity contribution in [3.8, 4) is 10.6 Å². The van der Waals surface area contributed by atoms with Gasteiger partial charge in [-0.05, 0) is 38.8 Å². The molecule has 144 valence electrons. The Bertz CT molecular complexity index is 830. The lowest BCUT2D eigenvalue weighted by atomic mass is 9.95. The van der Waals surface area contributed by atoms with Crippen LogP contribution in [0, 0.1) is 6.92 Å². The van der Waals surface area contributed by atoms with Gasteiger partial charge >= 0.3 is 5.97 Å². The van der Waals surface area contributed by atoms with Gasteiger partial charge in [0, 0.05) is 16.6 Å². The lowest BCUT2D eigenvalue weighted by molar-refractivity contribution is -0.130. The number of benzene rings is 1. The van der Waals surface area contributed by atoms with Gasteiger partial charge in [-0.15, -0.1) is 11.3 Å². The summed E-state index contributed by atoms with van der Waals surface area (Å²) in [6.45, 7) is 3.36. The van der Waals surface area contributed by atoms with E-state index < -0.39 is 12.1 Å². The van der Waals surface area contributed by atoms with Crippen LogP contribution in [0.3, 0.4) is 0 Å². The van der Waals surface area contributed by atoms with E-state index >= 15 is 0 Å². The molecule has 27 heavy (non-hydrogen) atoms. The summed E-state index contributed by atoms with van der Waals surface area (Å²) in [6.07, 6.45) is 4.62. The van der Waals surface area contributed by atoms with Crippen molar-refractivity contribution >= 4 is 34.8 Å². The molecule has 0 saturated heterocycles. The highest BCUT2D eigenvalue weighted by molar-refractivity contribution is 7.17. The maximum atomic E-state index is 12.5. The first-order valence-electron chi connectivity index (χ1n) is 9.19. The Hall–Kier alpha value is -1.92. The molecule has 5 nitrogen and oxygen atoms in total. The Balaban J connectivity index is 1.64. The van der Waals surface area contributed by atoms with E-state index in [9.17, 15) is 9.59 Å². The molecule has 0 bridgehead atoms. The highest BCUT2D eigenvalue weighted by Gasteiger charge is 2.25. The molecule has 3 rings (SSSR count). The summed E-state index contributed by atoms with van der Waals surface area (Å²) in [6, 6.07) is 7.50. The van der Waals surface area contributed by atoms with Gasteiger partial charge in [-0.2, -0.15) is 0 Å². The normalized spacial score (nSPS) is 16.0. The minimum atomic E-state index is -0.837. The van der Waals surface area contributed by atoms with Gasteiger partial charge in [0.15, 0.2) is 6.10 Å². The van der Waals surface area contributed by atoms with Crippen molar-refractivity contribution in [3.63, 3.8) is 0 Å². The van der Waals surface area contributed by atoms with Gasteiger partial charge in [0.25, 0.3) is 5.91 Å². The van der Waals surface area contributed by atoms with Gasteiger partial charge in [-0.3, -0.25) is 4.79 Å². The topological polar surface area (TPSA) is 68.3 Å². The molecule has 1 unspecified atom stereocenters. The van der Waals surface area contributed by atoms with E-state index in [1.165, 1.54) is 17.8 Å². The van der Waals surface area contributed by atoms with Crippen molar-refractivity contribution in [1.29, 1.82) is 0 Å². The smallest absolute Gasteiger partial charge is 0.351 e. The van der Waals surface area contributed by atoms with Crippen molar-refractivity contribution in [1.82, 2.24) is 10.3 Å². The van der Waals surface area contributed by atoms with Crippen LogP contribution >= 0.6 is 22.9 Å². The zero-order valence-electron chi connectivity index (χ0n) is 15.5. The zero-order chi connectivity index (χ0) is 19.4. The second-order valence-electron chi connectivity index (χ2n) is 6.83. The molecule has 1 saturated carbocycles. The van der Waals surface area contributed by atoms with Crippen LogP contribution < -0.4 is 5.32 Å². The Morgan fingerprint density at radius 2 is 2.04 bits per heavy atom. The largest absolute Gasteiger partial charge is 0.448 e. The van der Waals surface area contributed by atoms with Gasteiger partial charge in [0.1, 0.15) is 9.88 Å². The monoisotopic (exact) mass is 406 g/mol. The predicted molar refractivity (Wildman–Crippen MR) is 107 cm³/mol. The second kappa shape index (κ2) is 8.85. The summed E-state index contributed by atoms with van der Waals surface area (Å²) in [4.78, 5) is 29.7. The second-order valence-corrected chi connectivity index (χ2v) is 8.27. The van der Waals surface area contributed by atoms with Gasteiger partial charge in [0.2, 0.25) is 0 Å².